The predicted octanol–water partition coefficient (Wildman–Crippen LogP) is 2.36. The zero-order chi connectivity index (χ0) is 11.5. The average Bonchev–Trinajstić information content (AvgIpc) is 2.27. The summed E-state index contributed by atoms with van der Waals surface area (Å²) in [6, 6.07) is 0.192. The van der Waals surface area contributed by atoms with Crippen molar-refractivity contribution in [3.63, 3.8) is 0 Å². The molecule has 3 nitrogen and oxygen atoms in total. The number of halogens is 1. The molecular formula is C10H20BrNO2S. The van der Waals surface area contributed by atoms with E-state index in [1.165, 1.54) is 6.26 Å². The van der Waals surface area contributed by atoms with E-state index in [0.717, 1.165) is 32.1 Å². The number of hydrogen-bond donors (Lipinski definition) is 0. The van der Waals surface area contributed by atoms with E-state index in [-0.39, 0.29) is 6.04 Å². The normalized spacial score (nSPS) is 27.3. The molecule has 0 amide bonds. The van der Waals surface area contributed by atoms with Crippen LogP contribution in [0.15, 0.2) is 0 Å². The molecule has 1 rings (SSSR count). The maximum Gasteiger partial charge on any atom is 0.211 e. The molecule has 0 aromatic rings. The molecule has 0 aromatic carbocycles. The minimum atomic E-state index is -3.03. The van der Waals surface area contributed by atoms with Crippen molar-refractivity contribution >= 4 is 26.0 Å². The second-order valence-electron chi connectivity index (χ2n) is 4.39. The monoisotopic (exact) mass is 297 g/mol. The Morgan fingerprint density at radius 3 is 2.60 bits per heavy atom. The number of hydrogen-bond acceptors (Lipinski definition) is 2. The third-order valence-electron chi connectivity index (χ3n) is 2.85. The van der Waals surface area contributed by atoms with Gasteiger partial charge in [0.05, 0.1) is 6.26 Å². The van der Waals surface area contributed by atoms with Crippen LogP contribution in [0, 0.1) is 0 Å². The Kier molecular flexibility index (Phi) is 5.06. The van der Waals surface area contributed by atoms with Crippen LogP contribution in [0.4, 0.5) is 0 Å². The lowest BCUT2D eigenvalue weighted by atomic mass is 10.1. The van der Waals surface area contributed by atoms with Crippen LogP contribution in [0.25, 0.3) is 0 Å². The van der Waals surface area contributed by atoms with E-state index in [1.807, 2.05) is 0 Å². The smallest absolute Gasteiger partial charge is 0.211 e. The van der Waals surface area contributed by atoms with Crippen molar-refractivity contribution in [3.05, 3.63) is 0 Å². The van der Waals surface area contributed by atoms with Crippen LogP contribution in [-0.2, 0) is 10.0 Å². The van der Waals surface area contributed by atoms with Gasteiger partial charge in [-0.05, 0) is 19.3 Å². The molecule has 0 N–H and O–H groups in total. The van der Waals surface area contributed by atoms with Crippen LogP contribution in [0.2, 0.25) is 0 Å². The van der Waals surface area contributed by atoms with Gasteiger partial charge in [-0.25, -0.2) is 8.42 Å². The molecule has 5 heteroatoms. The lowest BCUT2D eigenvalue weighted by Gasteiger charge is -2.28. The van der Waals surface area contributed by atoms with Gasteiger partial charge >= 0.3 is 0 Å². The van der Waals surface area contributed by atoms with Crippen molar-refractivity contribution in [3.8, 4) is 0 Å². The Balaban J connectivity index is 2.76. The first-order chi connectivity index (χ1) is 6.91. The van der Waals surface area contributed by atoms with Gasteiger partial charge in [0, 0.05) is 17.4 Å². The first-order valence-corrected chi connectivity index (χ1v) is 8.28. The van der Waals surface area contributed by atoms with E-state index >= 15 is 0 Å². The Hall–Kier alpha value is 0.390. The molecule has 1 fully saturated rings. The second kappa shape index (κ2) is 5.64. The molecule has 0 aliphatic carbocycles. The molecule has 90 valence electrons. The van der Waals surface area contributed by atoms with Gasteiger partial charge in [0.1, 0.15) is 0 Å². The summed E-state index contributed by atoms with van der Waals surface area (Å²) in [5.41, 5.74) is 0. The number of rotatable bonds is 3. The Morgan fingerprint density at radius 1 is 1.40 bits per heavy atom. The largest absolute Gasteiger partial charge is 0.212 e. The van der Waals surface area contributed by atoms with Crippen molar-refractivity contribution in [2.45, 2.75) is 49.9 Å². The average molecular weight is 298 g/mol. The topological polar surface area (TPSA) is 37.4 Å². The molecule has 2 atom stereocenters. The van der Waals surface area contributed by atoms with Crippen molar-refractivity contribution in [2.24, 2.45) is 0 Å². The second-order valence-corrected chi connectivity index (χ2v) is 7.89. The summed E-state index contributed by atoms with van der Waals surface area (Å²) in [6.07, 6.45) is 6.54. The van der Waals surface area contributed by atoms with Gasteiger partial charge in [0.2, 0.25) is 10.0 Å². The highest BCUT2D eigenvalue weighted by atomic mass is 79.9. The van der Waals surface area contributed by atoms with Gasteiger partial charge in [-0.15, -0.1) is 0 Å². The van der Waals surface area contributed by atoms with E-state index in [1.54, 1.807) is 4.31 Å². The van der Waals surface area contributed by atoms with Crippen molar-refractivity contribution in [2.75, 3.05) is 12.8 Å². The van der Waals surface area contributed by atoms with Gasteiger partial charge < -0.3 is 0 Å². The third kappa shape index (κ3) is 4.41. The molecular weight excluding hydrogens is 278 g/mol. The zero-order valence-corrected chi connectivity index (χ0v) is 11.8. The Morgan fingerprint density at radius 2 is 2.07 bits per heavy atom. The highest BCUT2D eigenvalue weighted by Crippen LogP contribution is 2.24. The minimum Gasteiger partial charge on any atom is -0.212 e. The Bertz CT molecular complexity index is 290. The van der Waals surface area contributed by atoms with Crippen LogP contribution in [0.3, 0.4) is 0 Å². The van der Waals surface area contributed by atoms with Gasteiger partial charge in [0.15, 0.2) is 0 Å². The molecule has 2 unspecified atom stereocenters. The SMILES string of the molecule is CC(Br)CC1CCCCCN1S(C)(=O)=O. The van der Waals surface area contributed by atoms with Gasteiger partial charge in [0.25, 0.3) is 0 Å². The molecule has 0 saturated carbocycles. The van der Waals surface area contributed by atoms with Crippen LogP contribution >= 0.6 is 15.9 Å². The first-order valence-electron chi connectivity index (χ1n) is 5.52. The summed E-state index contributed by atoms with van der Waals surface area (Å²) in [4.78, 5) is 0.379. The minimum absolute atomic E-state index is 0.192. The molecule has 0 aromatic heterocycles. The first kappa shape index (κ1) is 13.5. The molecule has 1 aliphatic heterocycles. The predicted molar refractivity (Wildman–Crippen MR) is 66.8 cm³/mol. The maximum atomic E-state index is 11.6. The molecule has 0 bridgehead atoms. The highest BCUT2D eigenvalue weighted by Gasteiger charge is 2.28. The van der Waals surface area contributed by atoms with Crippen molar-refractivity contribution < 1.29 is 8.42 Å². The van der Waals surface area contributed by atoms with E-state index < -0.39 is 10.0 Å². The van der Waals surface area contributed by atoms with Crippen LogP contribution < -0.4 is 0 Å². The van der Waals surface area contributed by atoms with E-state index in [9.17, 15) is 8.42 Å². The summed E-state index contributed by atoms with van der Waals surface area (Å²) in [7, 11) is -3.03. The number of nitrogens with zero attached hydrogens (tertiary/aromatic N) is 1. The van der Waals surface area contributed by atoms with Crippen molar-refractivity contribution in [1.82, 2.24) is 4.31 Å². The van der Waals surface area contributed by atoms with Gasteiger partial charge in [-0.3, -0.25) is 0 Å². The summed E-state index contributed by atoms with van der Waals surface area (Å²) in [5.74, 6) is 0. The molecule has 1 saturated heterocycles. The molecule has 1 heterocycles. The Labute approximate surface area is 101 Å². The summed E-state index contributed by atoms with van der Waals surface area (Å²) >= 11 is 3.51. The molecule has 1 aliphatic rings. The van der Waals surface area contributed by atoms with Crippen LogP contribution in [0.1, 0.15) is 39.0 Å². The van der Waals surface area contributed by atoms with Crippen LogP contribution in [0.5, 0.6) is 0 Å². The lowest BCUT2D eigenvalue weighted by molar-refractivity contribution is 0.310. The van der Waals surface area contributed by atoms with Crippen LogP contribution in [-0.4, -0.2) is 36.4 Å². The van der Waals surface area contributed by atoms with Gasteiger partial charge in [-0.2, -0.15) is 4.31 Å². The highest BCUT2D eigenvalue weighted by molar-refractivity contribution is 9.09. The van der Waals surface area contributed by atoms with E-state index in [2.05, 4.69) is 22.9 Å². The van der Waals surface area contributed by atoms with E-state index in [0.29, 0.717) is 11.4 Å². The third-order valence-corrected chi connectivity index (χ3v) is 4.55. The molecule has 0 spiro atoms. The summed E-state index contributed by atoms with van der Waals surface area (Å²) in [6.45, 7) is 2.77. The fourth-order valence-corrected chi connectivity index (χ4v) is 3.82. The summed E-state index contributed by atoms with van der Waals surface area (Å²) < 4.78 is 25.0. The lowest BCUT2D eigenvalue weighted by Crippen LogP contribution is -2.40. The zero-order valence-electron chi connectivity index (χ0n) is 9.45. The summed E-state index contributed by atoms with van der Waals surface area (Å²) in [5, 5.41) is 0. The maximum absolute atomic E-state index is 11.6. The van der Waals surface area contributed by atoms with Gasteiger partial charge in [-0.1, -0.05) is 35.7 Å². The van der Waals surface area contributed by atoms with Crippen molar-refractivity contribution in [1.29, 1.82) is 0 Å². The van der Waals surface area contributed by atoms with E-state index in [4.69, 9.17) is 0 Å². The fraction of sp³-hybridized carbons (Fsp3) is 1.00. The molecule has 0 radical (unpaired) electrons. The number of alkyl halides is 1. The fourth-order valence-electron chi connectivity index (χ4n) is 2.20. The molecule has 15 heavy (non-hydrogen) atoms. The number of sulfonamides is 1. The standard InChI is InChI=1S/C10H20BrNO2S/c1-9(11)8-10-6-4-3-5-7-12(10)15(2,13)14/h9-10H,3-8H2,1-2H3. The quantitative estimate of drug-likeness (QED) is 0.750.